The van der Waals surface area contributed by atoms with E-state index in [0.717, 1.165) is 46.0 Å². The van der Waals surface area contributed by atoms with Gasteiger partial charge < -0.3 is 20.3 Å². The zero-order chi connectivity index (χ0) is 26.7. The van der Waals surface area contributed by atoms with E-state index in [1.165, 1.54) is 31.2 Å². The standard InChI is InChI=1S/C24H23FN4O6S2/c1-26-22(31)20-17-11-12-29(24(32)35-2)13-19(17)36-23(20)27-21(30)16-5-3-4-6-18(16)28-37(33,34)15-9-7-14(25)8-10-15/h3-10,28H,11-13H2,1-2H3,(H,26,31)(H,27,30). The molecule has 2 heterocycles. The summed E-state index contributed by atoms with van der Waals surface area (Å²) in [5, 5.41) is 5.58. The average molecular weight is 547 g/mol. The van der Waals surface area contributed by atoms with E-state index in [-0.39, 0.29) is 27.7 Å². The van der Waals surface area contributed by atoms with Crippen molar-refractivity contribution in [2.45, 2.75) is 17.9 Å². The van der Waals surface area contributed by atoms with Crippen molar-refractivity contribution in [3.8, 4) is 0 Å². The van der Waals surface area contributed by atoms with Gasteiger partial charge in [-0.3, -0.25) is 14.3 Å². The molecule has 0 aliphatic carbocycles. The second-order valence-electron chi connectivity index (χ2n) is 7.99. The van der Waals surface area contributed by atoms with E-state index in [1.807, 2.05) is 0 Å². The van der Waals surface area contributed by atoms with Crippen LogP contribution < -0.4 is 15.4 Å². The van der Waals surface area contributed by atoms with Gasteiger partial charge in [-0.05, 0) is 48.4 Å². The number of ether oxygens (including phenoxy) is 1. The predicted molar refractivity (Wildman–Crippen MR) is 136 cm³/mol. The van der Waals surface area contributed by atoms with Crippen LogP contribution in [0.4, 0.5) is 19.9 Å². The number of thiophene rings is 1. The molecule has 3 aromatic rings. The quantitative estimate of drug-likeness (QED) is 0.434. The largest absolute Gasteiger partial charge is 0.453 e. The smallest absolute Gasteiger partial charge is 0.409 e. The first-order valence-corrected chi connectivity index (χ1v) is 13.3. The molecule has 2 aromatic carbocycles. The molecule has 3 amide bonds. The number of anilines is 2. The van der Waals surface area contributed by atoms with E-state index in [2.05, 4.69) is 15.4 Å². The molecular weight excluding hydrogens is 523 g/mol. The minimum atomic E-state index is -4.11. The van der Waals surface area contributed by atoms with Crippen LogP contribution in [-0.2, 0) is 27.7 Å². The minimum Gasteiger partial charge on any atom is -0.453 e. The lowest BCUT2D eigenvalue weighted by molar-refractivity contribution is 0.0962. The minimum absolute atomic E-state index is 0.00371. The molecule has 0 saturated carbocycles. The Morgan fingerprint density at radius 2 is 1.76 bits per heavy atom. The van der Waals surface area contributed by atoms with Crippen molar-refractivity contribution in [1.82, 2.24) is 10.2 Å². The van der Waals surface area contributed by atoms with Gasteiger partial charge in [0.1, 0.15) is 10.8 Å². The molecule has 1 aliphatic heterocycles. The summed E-state index contributed by atoms with van der Waals surface area (Å²) < 4.78 is 46.0. The molecule has 0 atom stereocenters. The van der Waals surface area contributed by atoms with Crippen LogP contribution in [0.2, 0.25) is 0 Å². The van der Waals surface area contributed by atoms with Crippen molar-refractivity contribution in [3.05, 3.63) is 75.9 Å². The molecule has 1 aliphatic rings. The molecule has 4 rings (SSSR count). The van der Waals surface area contributed by atoms with Crippen LogP contribution in [0.25, 0.3) is 0 Å². The SMILES string of the molecule is CNC(=O)c1c(NC(=O)c2ccccc2NS(=O)(=O)c2ccc(F)cc2)sc2c1CCN(C(=O)OC)C2. The fraction of sp³-hybridized carbons (Fsp3) is 0.208. The Morgan fingerprint density at radius 3 is 2.43 bits per heavy atom. The number of carbonyl (C=O) groups excluding carboxylic acids is 3. The number of carbonyl (C=O) groups is 3. The topological polar surface area (TPSA) is 134 Å². The van der Waals surface area contributed by atoms with Gasteiger partial charge in [0, 0.05) is 18.5 Å². The van der Waals surface area contributed by atoms with E-state index in [0.29, 0.717) is 18.5 Å². The second-order valence-corrected chi connectivity index (χ2v) is 10.8. The normalized spacial score (nSPS) is 12.9. The first-order chi connectivity index (χ1) is 17.6. The summed E-state index contributed by atoms with van der Waals surface area (Å²) in [5.74, 6) is -1.63. The average Bonchev–Trinajstić information content (AvgIpc) is 3.24. The van der Waals surface area contributed by atoms with Gasteiger partial charge in [0.2, 0.25) is 0 Å². The van der Waals surface area contributed by atoms with Crippen LogP contribution in [0.3, 0.4) is 0 Å². The first kappa shape index (κ1) is 26.1. The Morgan fingerprint density at radius 1 is 1.05 bits per heavy atom. The Hall–Kier alpha value is -3.97. The summed E-state index contributed by atoms with van der Waals surface area (Å²) in [5.41, 5.74) is 1.04. The summed E-state index contributed by atoms with van der Waals surface area (Å²) >= 11 is 1.16. The fourth-order valence-electron chi connectivity index (χ4n) is 3.90. The number of methoxy groups -OCH3 is 1. The zero-order valence-corrected chi connectivity index (χ0v) is 21.5. The molecule has 3 N–H and O–H groups in total. The molecule has 1 aromatic heterocycles. The molecule has 0 radical (unpaired) electrons. The van der Waals surface area contributed by atoms with Crippen molar-refractivity contribution in [2.75, 3.05) is 30.7 Å². The maximum absolute atomic E-state index is 13.3. The summed E-state index contributed by atoms with van der Waals surface area (Å²) in [6.45, 7) is 0.572. The van der Waals surface area contributed by atoms with Gasteiger partial charge in [-0.15, -0.1) is 11.3 Å². The number of sulfonamides is 1. The number of amides is 3. The molecule has 0 bridgehead atoms. The number of benzene rings is 2. The van der Waals surface area contributed by atoms with Crippen molar-refractivity contribution < 1.29 is 31.9 Å². The molecule has 0 fully saturated rings. The van der Waals surface area contributed by atoms with Crippen LogP contribution in [0.1, 0.15) is 31.2 Å². The predicted octanol–water partition coefficient (Wildman–Crippen LogP) is 3.42. The number of nitrogens with one attached hydrogen (secondary N) is 3. The number of rotatable bonds is 6. The maximum Gasteiger partial charge on any atom is 0.409 e. The molecule has 13 heteroatoms. The van der Waals surface area contributed by atoms with Gasteiger partial charge in [0.05, 0.1) is 35.4 Å². The number of hydrogen-bond donors (Lipinski definition) is 3. The third kappa shape index (κ3) is 5.42. The first-order valence-electron chi connectivity index (χ1n) is 11.0. The molecule has 194 valence electrons. The van der Waals surface area contributed by atoms with E-state index in [4.69, 9.17) is 4.74 Å². The van der Waals surface area contributed by atoms with Gasteiger partial charge in [0.15, 0.2) is 0 Å². The summed E-state index contributed by atoms with van der Waals surface area (Å²) in [4.78, 5) is 40.0. The summed E-state index contributed by atoms with van der Waals surface area (Å²) in [6, 6.07) is 10.2. The van der Waals surface area contributed by atoms with Crippen molar-refractivity contribution in [1.29, 1.82) is 0 Å². The highest BCUT2D eigenvalue weighted by Gasteiger charge is 2.31. The van der Waals surface area contributed by atoms with Crippen molar-refractivity contribution in [2.24, 2.45) is 0 Å². The lowest BCUT2D eigenvalue weighted by Crippen LogP contribution is -2.35. The third-order valence-corrected chi connectivity index (χ3v) is 8.22. The number of para-hydroxylation sites is 1. The molecule has 0 spiro atoms. The van der Waals surface area contributed by atoms with Crippen molar-refractivity contribution in [3.63, 3.8) is 0 Å². The number of hydrogen-bond acceptors (Lipinski definition) is 7. The molecule has 0 saturated heterocycles. The number of fused-ring (bicyclic) bond motifs is 1. The lowest BCUT2D eigenvalue weighted by Gasteiger charge is -2.25. The van der Waals surface area contributed by atoms with Gasteiger partial charge in [-0.2, -0.15) is 0 Å². The summed E-state index contributed by atoms with van der Waals surface area (Å²) in [7, 11) is -1.35. The summed E-state index contributed by atoms with van der Waals surface area (Å²) in [6.07, 6.45) is -0.0957. The van der Waals surface area contributed by atoms with E-state index >= 15 is 0 Å². The van der Waals surface area contributed by atoms with Crippen LogP contribution in [-0.4, -0.2) is 51.9 Å². The Labute approximate surface area is 216 Å². The Bertz CT molecular complexity index is 1470. The number of halogens is 1. The maximum atomic E-state index is 13.3. The molecule has 10 nitrogen and oxygen atoms in total. The highest BCUT2D eigenvalue weighted by molar-refractivity contribution is 7.92. The highest BCUT2D eigenvalue weighted by atomic mass is 32.2. The highest BCUT2D eigenvalue weighted by Crippen LogP contribution is 2.38. The molecule has 0 unspecified atom stereocenters. The van der Waals surface area contributed by atoms with Gasteiger partial charge in [-0.25, -0.2) is 17.6 Å². The number of nitrogens with zero attached hydrogens (tertiary/aromatic N) is 1. The van der Waals surface area contributed by atoms with E-state index in [1.54, 1.807) is 12.1 Å². The fourth-order valence-corrected chi connectivity index (χ4v) is 6.24. The van der Waals surface area contributed by atoms with Gasteiger partial charge in [0.25, 0.3) is 21.8 Å². The molecular formula is C24H23FN4O6S2. The zero-order valence-electron chi connectivity index (χ0n) is 19.8. The van der Waals surface area contributed by atoms with Gasteiger partial charge in [-0.1, -0.05) is 12.1 Å². The Balaban J connectivity index is 1.64. The van der Waals surface area contributed by atoms with Crippen molar-refractivity contribution >= 4 is 50.0 Å². The van der Waals surface area contributed by atoms with Crippen LogP contribution in [0, 0.1) is 5.82 Å². The second kappa shape index (κ2) is 10.6. The third-order valence-electron chi connectivity index (χ3n) is 5.71. The van der Waals surface area contributed by atoms with E-state index in [9.17, 15) is 27.2 Å². The van der Waals surface area contributed by atoms with Gasteiger partial charge >= 0.3 is 6.09 Å². The van der Waals surface area contributed by atoms with E-state index < -0.39 is 33.7 Å². The van der Waals surface area contributed by atoms with Crippen LogP contribution in [0.5, 0.6) is 0 Å². The molecule has 37 heavy (non-hydrogen) atoms. The van der Waals surface area contributed by atoms with Crippen LogP contribution in [0.15, 0.2) is 53.4 Å². The monoisotopic (exact) mass is 546 g/mol. The lowest BCUT2D eigenvalue weighted by atomic mass is 10.0. The Kier molecular flexibility index (Phi) is 7.45. The van der Waals surface area contributed by atoms with Crippen LogP contribution >= 0.6 is 11.3 Å².